The van der Waals surface area contributed by atoms with E-state index in [4.69, 9.17) is 9.47 Å². The molecule has 28 heavy (non-hydrogen) atoms. The van der Waals surface area contributed by atoms with Gasteiger partial charge in [0, 0.05) is 16.8 Å². The van der Waals surface area contributed by atoms with Gasteiger partial charge in [0.1, 0.15) is 29.4 Å². The number of benzene rings is 1. The average Bonchev–Trinajstić information content (AvgIpc) is 3.00. The number of thiophene rings is 1. The Labute approximate surface area is 171 Å². The van der Waals surface area contributed by atoms with Crippen LogP contribution in [0.5, 0.6) is 11.5 Å². The van der Waals surface area contributed by atoms with E-state index >= 15 is 0 Å². The monoisotopic (exact) mass is 415 g/mol. The maximum Gasteiger partial charge on any atom is 0.230 e. The number of aryl methyl sites for hydroxylation is 2. The van der Waals surface area contributed by atoms with Gasteiger partial charge in [-0.05, 0) is 43.5 Å². The van der Waals surface area contributed by atoms with E-state index in [1.165, 1.54) is 22.2 Å². The van der Waals surface area contributed by atoms with Gasteiger partial charge < -0.3 is 14.8 Å². The molecule has 0 fully saturated rings. The quantitative estimate of drug-likeness (QED) is 0.490. The third-order valence-corrected chi connectivity index (χ3v) is 6.72. The third kappa shape index (κ3) is 4.07. The van der Waals surface area contributed by atoms with Crippen LogP contribution in [0.2, 0.25) is 0 Å². The molecule has 0 unspecified atom stereocenters. The van der Waals surface area contributed by atoms with Crippen molar-refractivity contribution in [2.75, 3.05) is 25.5 Å². The fourth-order valence-corrected chi connectivity index (χ4v) is 4.98. The van der Waals surface area contributed by atoms with Crippen LogP contribution in [0.4, 0.5) is 0 Å². The summed E-state index contributed by atoms with van der Waals surface area (Å²) in [6.07, 6.45) is 2.31. The van der Waals surface area contributed by atoms with Crippen LogP contribution < -0.4 is 14.8 Å². The van der Waals surface area contributed by atoms with Crippen molar-refractivity contribution in [2.45, 2.75) is 25.3 Å². The fraction of sp³-hybridized carbons (Fsp3) is 0.350. The highest BCUT2D eigenvalue weighted by Gasteiger charge is 2.14. The minimum atomic E-state index is -0.00101. The van der Waals surface area contributed by atoms with Crippen molar-refractivity contribution in [3.8, 4) is 11.5 Å². The summed E-state index contributed by atoms with van der Waals surface area (Å²) >= 11 is 3.12. The lowest BCUT2D eigenvalue weighted by molar-refractivity contribution is -0.118. The van der Waals surface area contributed by atoms with Crippen molar-refractivity contribution in [1.82, 2.24) is 15.3 Å². The van der Waals surface area contributed by atoms with Crippen molar-refractivity contribution in [3.05, 3.63) is 40.5 Å². The lowest BCUT2D eigenvalue weighted by Crippen LogP contribution is -2.27. The smallest absolute Gasteiger partial charge is 0.230 e. The lowest BCUT2D eigenvalue weighted by Gasteiger charge is -2.18. The molecule has 3 aromatic rings. The van der Waals surface area contributed by atoms with Gasteiger partial charge in [0.2, 0.25) is 5.91 Å². The fourth-order valence-electron chi connectivity index (χ4n) is 3.03. The minimum Gasteiger partial charge on any atom is -0.486 e. The van der Waals surface area contributed by atoms with Crippen LogP contribution >= 0.6 is 23.1 Å². The number of nitrogens with one attached hydrogen (secondary N) is 1. The lowest BCUT2D eigenvalue weighted by atomic mass is 10.1. The number of fused-ring (bicyclic) bond motifs is 2. The van der Waals surface area contributed by atoms with Crippen molar-refractivity contribution < 1.29 is 14.3 Å². The molecule has 6 nitrogen and oxygen atoms in total. The van der Waals surface area contributed by atoms with Gasteiger partial charge in [0.15, 0.2) is 11.5 Å². The Morgan fingerprint density at radius 1 is 1.21 bits per heavy atom. The maximum absolute atomic E-state index is 12.2. The van der Waals surface area contributed by atoms with E-state index in [0.717, 1.165) is 38.7 Å². The van der Waals surface area contributed by atoms with Crippen molar-refractivity contribution in [3.63, 3.8) is 0 Å². The van der Waals surface area contributed by atoms with Crippen LogP contribution in [0.25, 0.3) is 10.2 Å². The topological polar surface area (TPSA) is 73.3 Å². The van der Waals surface area contributed by atoms with Crippen molar-refractivity contribution in [2.24, 2.45) is 0 Å². The minimum absolute atomic E-state index is 0.00101. The summed E-state index contributed by atoms with van der Waals surface area (Å²) in [5.74, 6) is 1.89. The predicted octanol–water partition coefficient (Wildman–Crippen LogP) is 3.53. The zero-order valence-electron chi connectivity index (χ0n) is 15.8. The summed E-state index contributed by atoms with van der Waals surface area (Å²) in [5.41, 5.74) is 2.31. The van der Waals surface area contributed by atoms with E-state index in [-0.39, 0.29) is 5.91 Å². The molecule has 0 bridgehead atoms. The summed E-state index contributed by atoms with van der Waals surface area (Å²) in [4.78, 5) is 23.2. The molecule has 4 rings (SSSR count). The normalized spacial score (nSPS) is 12.9. The first-order chi connectivity index (χ1) is 13.6. The summed E-state index contributed by atoms with van der Waals surface area (Å²) in [6, 6.07) is 5.91. The van der Waals surface area contributed by atoms with Gasteiger partial charge in [0.05, 0.1) is 5.75 Å². The van der Waals surface area contributed by atoms with Gasteiger partial charge in [-0.3, -0.25) is 4.79 Å². The number of thioether (sulfide) groups is 1. The van der Waals surface area contributed by atoms with Crippen LogP contribution in [0, 0.1) is 13.8 Å². The Hall–Kier alpha value is -2.32. The number of carbonyl (C=O) groups excluding carboxylic acids is 1. The molecule has 1 aromatic carbocycles. The number of rotatable bonds is 6. The molecule has 1 aliphatic heterocycles. The first-order valence-electron chi connectivity index (χ1n) is 9.10. The molecule has 1 amide bonds. The third-order valence-electron chi connectivity index (χ3n) is 4.61. The van der Waals surface area contributed by atoms with Crippen LogP contribution in [0.1, 0.15) is 16.0 Å². The second-order valence-corrected chi connectivity index (χ2v) is 8.68. The molecule has 3 heterocycles. The van der Waals surface area contributed by atoms with E-state index in [9.17, 15) is 4.79 Å². The predicted molar refractivity (Wildman–Crippen MR) is 112 cm³/mol. The molecule has 0 saturated heterocycles. The Kier molecular flexibility index (Phi) is 5.68. The summed E-state index contributed by atoms with van der Waals surface area (Å²) in [7, 11) is 0. The maximum atomic E-state index is 12.2. The van der Waals surface area contributed by atoms with Gasteiger partial charge >= 0.3 is 0 Å². The zero-order chi connectivity index (χ0) is 19.5. The Balaban J connectivity index is 1.30. The van der Waals surface area contributed by atoms with E-state index < -0.39 is 0 Å². The van der Waals surface area contributed by atoms with E-state index in [1.807, 2.05) is 18.2 Å². The number of nitrogens with zero attached hydrogens (tertiary/aromatic N) is 2. The van der Waals surface area contributed by atoms with Crippen LogP contribution in [0.3, 0.4) is 0 Å². The molecule has 0 saturated carbocycles. The molecule has 146 valence electrons. The first kappa shape index (κ1) is 19.0. The molecule has 0 radical (unpaired) electrons. The molecule has 0 atom stereocenters. The molecule has 0 aliphatic carbocycles. The van der Waals surface area contributed by atoms with Gasteiger partial charge in [-0.1, -0.05) is 17.8 Å². The second kappa shape index (κ2) is 8.36. The highest BCUT2D eigenvalue weighted by atomic mass is 32.2. The summed E-state index contributed by atoms with van der Waals surface area (Å²) < 4.78 is 11.1. The van der Waals surface area contributed by atoms with Crippen LogP contribution in [0.15, 0.2) is 29.6 Å². The highest BCUT2D eigenvalue weighted by molar-refractivity contribution is 8.00. The molecule has 1 N–H and O–H groups in total. The first-order valence-corrected chi connectivity index (χ1v) is 10.9. The molecule has 1 aliphatic rings. The summed E-state index contributed by atoms with van der Waals surface area (Å²) in [6.45, 7) is 5.90. The molecular formula is C20H21N3O3S2. The average molecular weight is 416 g/mol. The van der Waals surface area contributed by atoms with Crippen LogP contribution in [-0.4, -0.2) is 41.4 Å². The molecular weight excluding hydrogens is 394 g/mol. The highest BCUT2D eigenvalue weighted by Crippen LogP contribution is 2.34. The number of hydrogen-bond acceptors (Lipinski definition) is 7. The Bertz CT molecular complexity index is 1020. The molecule has 0 spiro atoms. The van der Waals surface area contributed by atoms with Gasteiger partial charge in [-0.15, -0.1) is 11.3 Å². The summed E-state index contributed by atoms with van der Waals surface area (Å²) in [5, 5.41) is 4.91. The SMILES string of the molecule is Cc1sc2ncnc(SCC(=O)NCCc3ccc4c(c3)OCCO4)c2c1C. The number of amides is 1. The number of aromatic nitrogens is 2. The number of ether oxygens (including phenoxy) is 2. The number of carbonyl (C=O) groups is 1. The van der Waals surface area contributed by atoms with Crippen LogP contribution in [-0.2, 0) is 11.2 Å². The Morgan fingerprint density at radius 3 is 2.89 bits per heavy atom. The number of hydrogen-bond donors (Lipinski definition) is 1. The zero-order valence-corrected chi connectivity index (χ0v) is 17.4. The Morgan fingerprint density at radius 2 is 2.04 bits per heavy atom. The van der Waals surface area contributed by atoms with E-state index in [2.05, 4.69) is 29.1 Å². The van der Waals surface area contributed by atoms with Crippen molar-refractivity contribution >= 4 is 39.2 Å². The molecule has 8 heteroatoms. The van der Waals surface area contributed by atoms with Gasteiger partial charge in [-0.2, -0.15) is 0 Å². The van der Waals surface area contributed by atoms with E-state index in [1.54, 1.807) is 17.7 Å². The largest absolute Gasteiger partial charge is 0.486 e. The molecule has 2 aromatic heterocycles. The second-order valence-electron chi connectivity index (χ2n) is 6.51. The van der Waals surface area contributed by atoms with Gasteiger partial charge in [-0.25, -0.2) is 9.97 Å². The van der Waals surface area contributed by atoms with Gasteiger partial charge in [0.25, 0.3) is 0 Å². The van der Waals surface area contributed by atoms with E-state index in [0.29, 0.717) is 25.5 Å². The van der Waals surface area contributed by atoms with Crippen molar-refractivity contribution in [1.29, 1.82) is 0 Å². The standard InChI is InChI=1S/C20H21N3O3S2/c1-12-13(2)28-20-18(12)19(22-11-23-20)27-10-17(24)21-6-5-14-3-4-15-16(9-14)26-8-7-25-15/h3-4,9,11H,5-8,10H2,1-2H3,(H,21,24).